The smallest absolute Gasteiger partial charge is 0.303 e. The fourth-order valence-corrected chi connectivity index (χ4v) is 2.58. The van der Waals surface area contributed by atoms with Gasteiger partial charge in [-0.05, 0) is 38.1 Å². The Bertz CT molecular complexity index is 589. The Balaban J connectivity index is 3.18. The highest BCUT2D eigenvalue weighted by Crippen LogP contribution is 2.26. The number of aryl methyl sites for hydroxylation is 2. The number of rotatable bonds is 8. The highest BCUT2D eigenvalue weighted by atomic mass is 16.4. The van der Waals surface area contributed by atoms with Gasteiger partial charge in [-0.2, -0.15) is 0 Å². The van der Waals surface area contributed by atoms with E-state index < -0.39 is 11.9 Å². The van der Waals surface area contributed by atoms with E-state index in [9.17, 15) is 14.4 Å². The van der Waals surface area contributed by atoms with Gasteiger partial charge in [-0.1, -0.05) is 32.0 Å². The number of carbonyl (C=O) groups excluding carboxylic acids is 2. The molecule has 0 saturated heterocycles. The van der Waals surface area contributed by atoms with Gasteiger partial charge in [-0.25, -0.2) is 4.90 Å². The van der Waals surface area contributed by atoms with E-state index >= 15 is 0 Å². The molecule has 0 radical (unpaired) electrons. The zero-order valence-corrected chi connectivity index (χ0v) is 14.8. The summed E-state index contributed by atoms with van der Waals surface area (Å²) >= 11 is 0. The van der Waals surface area contributed by atoms with Crippen LogP contribution in [0, 0.1) is 13.8 Å². The molecule has 24 heavy (non-hydrogen) atoms. The SMILES string of the molecule is CCN(CC)CC(=O)N(C(=O)CCC(=O)O)c1c(C)cccc1C. The van der Waals surface area contributed by atoms with E-state index in [-0.39, 0.29) is 25.3 Å². The molecule has 1 N–H and O–H groups in total. The van der Waals surface area contributed by atoms with Gasteiger partial charge in [0.05, 0.1) is 18.7 Å². The van der Waals surface area contributed by atoms with Crippen LogP contribution in [-0.4, -0.2) is 47.4 Å². The van der Waals surface area contributed by atoms with Gasteiger partial charge in [0.1, 0.15) is 0 Å². The number of carboxylic acid groups (broad SMARTS) is 1. The molecule has 0 atom stereocenters. The van der Waals surface area contributed by atoms with E-state index in [1.54, 1.807) is 0 Å². The number of hydrogen-bond acceptors (Lipinski definition) is 4. The molecule has 0 aliphatic rings. The molecule has 0 aliphatic carbocycles. The molecular weight excluding hydrogens is 308 g/mol. The molecule has 6 heteroatoms. The van der Waals surface area contributed by atoms with Crippen molar-refractivity contribution in [3.8, 4) is 0 Å². The average Bonchev–Trinajstić information content (AvgIpc) is 2.53. The van der Waals surface area contributed by atoms with Gasteiger partial charge in [0, 0.05) is 6.42 Å². The molecule has 0 fully saturated rings. The summed E-state index contributed by atoms with van der Waals surface area (Å²) in [7, 11) is 0. The normalized spacial score (nSPS) is 10.7. The van der Waals surface area contributed by atoms with E-state index in [4.69, 9.17) is 5.11 Å². The standard InChI is InChI=1S/C18H26N2O4/c1-5-19(6-2)12-16(22)20(15(21)10-11-17(23)24)18-13(3)8-7-9-14(18)4/h7-9H,5-6,10-12H2,1-4H3,(H,23,24). The molecule has 0 heterocycles. The van der Waals surface area contributed by atoms with Crippen molar-refractivity contribution in [1.29, 1.82) is 0 Å². The highest BCUT2D eigenvalue weighted by Gasteiger charge is 2.27. The minimum atomic E-state index is -1.05. The van der Waals surface area contributed by atoms with Crippen LogP contribution in [0.5, 0.6) is 0 Å². The first kappa shape index (κ1) is 19.8. The summed E-state index contributed by atoms with van der Waals surface area (Å²) in [5.74, 6) is -1.86. The number of aliphatic carboxylic acids is 1. The van der Waals surface area contributed by atoms with Gasteiger partial charge in [0.15, 0.2) is 0 Å². The van der Waals surface area contributed by atoms with Crippen LogP contribution in [-0.2, 0) is 14.4 Å². The Morgan fingerprint density at radius 1 is 0.958 bits per heavy atom. The second-order valence-electron chi connectivity index (χ2n) is 5.72. The topological polar surface area (TPSA) is 77.9 Å². The number of para-hydroxylation sites is 1. The van der Waals surface area contributed by atoms with Crippen LogP contribution in [0.3, 0.4) is 0 Å². The molecular formula is C18H26N2O4. The van der Waals surface area contributed by atoms with Crippen molar-refractivity contribution in [3.63, 3.8) is 0 Å². The lowest BCUT2D eigenvalue weighted by Crippen LogP contribution is -2.44. The number of hydrogen-bond donors (Lipinski definition) is 1. The summed E-state index contributed by atoms with van der Waals surface area (Å²) in [6.45, 7) is 9.10. The van der Waals surface area contributed by atoms with E-state index in [0.717, 1.165) is 16.0 Å². The second-order valence-corrected chi connectivity index (χ2v) is 5.72. The van der Waals surface area contributed by atoms with Crippen molar-refractivity contribution in [1.82, 2.24) is 4.90 Å². The predicted molar refractivity (Wildman–Crippen MR) is 93.1 cm³/mol. The summed E-state index contributed by atoms with van der Waals surface area (Å²) in [6, 6.07) is 5.54. The third kappa shape index (κ3) is 5.16. The lowest BCUT2D eigenvalue weighted by atomic mass is 10.1. The van der Waals surface area contributed by atoms with Crippen molar-refractivity contribution in [3.05, 3.63) is 29.3 Å². The minimum Gasteiger partial charge on any atom is -0.481 e. The molecule has 1 rings (SSSR count). The summed E-state index contributed by atoms with van der Waals surface area (Å²) in [5, 5.41) is 8.82. The quantitative estimate of drug-likeness (QED) is 0.790. The van der Waals surface area contributed by atoms with Gasteiger partial charge >= 0.3 is 5.97 Å². The van der Waals surface area contributed by atoms with Crippen LogP contribution < -0.4 is 4.90 Å². The molecule has 2 amide bonds. The lowest BCUT2D eigenvalue weighted by molar-refractivity contribution is -0.139. The van der Waals surface area contributed by atoms with Crippen LogP contribution in [0.2, 0.25) is 0 Å². The lowest BCUT2D eigenvalue weighted by Gasteiger charge is -2.27. The van der Waals surface area contributed by atoms with Crippen LogP contribution >= 0.6 is 0 Å². The molecule has 0 spiro atoms. The average molecular weight is 334 g/mol. The highest BCUT2D eigenvalue weighted by molar-refractivity contribution is 6.16. The number of benzene rings is 1. The number of anilines is 1. The molecule has 132 valence electrons. The third-order valence-electron chi connectivity index (χ3n) is 3.97. The van der Waals surface area contributed by atoms with Gasteiger partial charge < -0.3 is 5.11 Å². The van der Waals surface area contributed by atoms with Gasteiger partial charge in [0.2, 0.25) is 11.8 Å². The number of amides is 2. The maximum Gasteiger partial charge on any atom is 0.303 e. The van der Waals surface area contributed by atoms with Crippen molar-refractivity contribution in [2.24, 2.45) is 0 Å². The molecule has 0 bridgehead atoms. The maximum atomic E-state index is 12.8. The number of imide groups is 1. The van der Waals surface area contributed by atoms with Crippen LogP contribution in [0.15, 0.2) is 18.2 Å². The van der Waals surface area contributed by atoms with Crippen molar-refractivity contribution in [2.45, 2.75) is 40.5 Å². The van der Waals surface area contributed by atoms with Crippen molar-refractivity contribution >= 4 is 23.5 Å². The second kappa shape index (κ2) is 9.17. The number of carbonyl (C=O) groups is 3. The number of nitrogens with zero attached hydrogens (tertiary/aromatic N) is 2. The van der Waals surface area contributed by atoms with E-state index in [1.807, 2.05) is 50.8 Å². The van der Waals surface area contributed by atoms with Crippen LogP contribution in [0.1, 0.15) is 37.8 Å². The monoisotopic (exact) mass is 334 g/mol. The van der Waals surface area contributed by atoms with Gasteiger partial charge in [0.25, 0.3) is 0 Å². The summed E-state index contributed by atoms with van der Waals surface area (Å²) < 4.78 is 0. The number of likely N-dealkylation sites (N-methyl/N-ethyl adjacent to an activating group) is 1. The Hall–Kier alpha value is -2.21. The van der Waals surface area contributed by atoms with E-state index in [1.165, 1.54) is 0 Å². The Kier molecular flexibility index (Phi) is 7.58. The fourth-order valence-electron chi connectivity index (χ4n) is 2.58. The molecule has 1 aromatic rings. The Labute approximate surface area is 143 Å². The van der Waals surface area contributed by atoms with Crippen LogP contribution in [0.4, 0.5) is 5.69 Å². The van der Waals surface area contributed by atoms with Crippen molar-refractivity contribution < 1.29 is 19.5 Å². The molecule has 1 aromatic carbocycles. The fraction of sp³-hybridized carbons (Fsp3) is 0.500. The first-order valence-corrected chi connectivity index (χ1v) is 8.17. The zero-order chi connectivity index (χ0) is 18.3. The number of carboxylic acids is 1. The first-order valence-electron chi connectivity index (χ1n) is 8.17. The molecule has 6 nitrogen and oxygen atoms in total. The Morgan fingerprint density at radius 2 is 1.50 bits per heavy atom. The largest absolute Gasteiger partial charge is 0.481 e. The molecule has 0 unspecified atom stereocenters. The minimum absolute atomic E-state index is 0.125. The predicted octanol–water partition coefficient (Wildman–Crippen LogP) is 2.37. The zero-order valence-electron chi connectivity index (χ0n) is 14.8. The van der Waals surface area contributed by atoms with Crippen molar-refractivity contribution in [2.75, 3.05) is 24.5 Å². The Morgan fingerprint density at radius 3 is 1.96 bits per heavy atom. The maximum absolute atomic E-state index is 12.8. The van der Waals surface area contributed by atoms with Gasteiger partial charge in [-0.3, -0.25) is 19.3 Å². The molecule has 0 saturated carbocycles. The van der Waals surface area contributed by atoms with E-state index in [2.05, 4.69) is 0 Å². The van der Waals surface area contributed by atoms with E-state index in [0.29, 0.717) is 18.8 Å². The molecule has 0 aliphatic heterocycles. The summed E-state index contributed by atoms with van der Waals surface area (Å²) in [4.78, 5) is 39.2. The third-order valence-corrected chi connectivity index (χ3v) is 3.97. The van der Waals surface area contributed by atoms with Crippen LogP contribution in [0.25, 0.3) is 0 Å². The van der Waals surface area contributed by atoms with Gasteiger partial charge in [-0.15, -0.1) is 0 Å². The summed E-state index contributed by atoms with van der Waals surface area (Å²) in [6.07, 6.45) is -0.494. The molecule has 0 aromatic heterocycles. The first-order chi connectivity index (χ1) is 11.3. The summed E-state index contributed by atoms with van der Waals surface area (Å²) in [5.41, 5.74) is 2.18.